The van der Waals surface area contributed by atoms with Crippen molar-refractivity contribution in [3.8, 4) is 6.07 Å². The first kappa shape index (κ1) is 15.3. The van der Waals surface area contributed by atoms with Crippen molar-refractivity contribution in [3.05, 3.63) is 28.8 Å². The molecule has 0 radical (unpaired) electrons. The smallest absolute Gasteiger partial charge is 0.241 e. The van der Waals surface area contributed by atoms with Gasteiger partial charge in [-0.25, -0.2) is 0 Å². The molecule has 0 heterocycles. The van der Waals surface area contributed by atoms with E-state index in [4.69, 9.17) is 11.6 Å². The molecule has 0 atom stereocenters. The zero-order valence-electron chi connectivity index (χ0n) is 11.5. The number of hydrogen-bond acceptors (Lipinski definition) is 3. The molecule has 0 saturated heterocycles. The average molecular weight is 280 g/mol. The summed E-state index contributed by atoms with van der Waals surface area (Å²) in [5, 5.41) is 9.70. The summed E-state index contributed by atoms with van der Waals surface area (Å²) in [7, 11) is 3.44. The molecule has 0 unspecified atom stereocenters. The lowest BCUT2D eigenvalue weighted by atomic mass is 10.1. The first-order valence-corrected chi connectivity index (χ1v) is 6.52. The van der Waals surface area contributed by atoms with Gasteiger partial charge in [0.2, 0.25) is 5.91 Å². The number of rotatable bonds is 5. The van der Waals surface area contributed by atoms with Gasteiger partial charge < -0.3 is 9.80 Å². The maximum atomic E-state index is 11.8. The van der Waals surface area contributed by atoms with Crippen LogP contribution in [0, 0.1) is 11.3 Å². The summed E-state index contributed by atoms with van der Waals surface area (Å²) in [5.74, 6) is 0.00675. The van der Waals surface area contributed by atoms with Gasteiger partial charge in [0.25, 0.3) is 0 Å². The Balaban J connectivity index is 3.05. The molecule has 5 heteroatoms. The van der Waals surface area contributed by atoms with Gasteiger partial charge in [-0.1, -0.05) is 18.5 Å². The minimum absolute atomic E-state index is 0.00675. The fourth-order valence-corrected chi connectivity index (χ4v) is 1.90. The number of carbonyl (C=O) groups excluding carboxylic acids is 1. The van der Waals surface area contributed by atoms with E-state index in [2.05, 4.69) is 6.07 Å². The summed E-state index contributed by atoms with van der Waals surface area (Å²) in [6, 6.07) is 7.28. The Labute approximate surface area is 119 Å². The molecule has 0 saturated carbocycles. The van der Waals surface area contributed by atoms with Crippen molar-refractivity contribution in [1.29, 1.82) is 5.26 Å². The fourth-order valence-electron chi connectivity index (χ4n) is 1.73. The molecule has 4 nitrogen and oxygen atoms in total. The molecule has 19 heavy (non-hydrogen) atoms. The van der Waals surface area contributed by atoms with Gasteiger partial charge in [0.1, 0.15) is 6.07 Å². The van der Waals surface area contributed by atoms with E-state index in [1.54, 1.807) is 37.2 Å². The maximum absolute atomic E-state index is 11.8. The lowest BCUT2D eigenvalue weighted by Gasteiger charge is -2.26. The zero-order valence-corrected chi connectivity index (χ0v) is 12.2. The van der Waals surface area contributed by atoms with Crippen molar-refractivity contribution in [2.24, 2.45) is 0 Å². The maximum Gasteiger partial charge on any atom is 0.241 e. The summed E-state index contributed by atoms with van der Waals surface area (Å²) in [6.45, 7) is 3.02. The minimum atomic E-state index is 0.00675. The molecule has 1 aromatic rings. The van der Waals surface area contributed by atoms with Crippen LogP contribution in [0.5, 0.6) is 0 Å². The first-order valence-electron chi connectivity index (χ1n) is 6.14. The third-order valence-electron chi connectivity index (χ3n) is 2.74. The molecule has 0 fully saturated rings. The van der Waals surface area contributed by atoms with E-state index < -0.39 is 0 Å². The highest BCUT2D eigenvalue weighted by Crippen LogP contribution is 2.24. The van der Waals surface area contributed by atoms with Gasteiger partial charge >= 0.3 is 0 Å². The molecule has 0 bridgehead atoms. The molecular formula is C14H18ClN3O. The second kappa shape index (κ2) is 7.01. The van der Waals surface area contributed by atoms with Crippen molar-refractivity contribution < 1.29 is 4.79 Å². The van der Waals surface area contributed by atoms with Crippen LogP contribution in [-0.4, -0.2) is 38.0 Å². The Kier molecular flexibility index (Phi) is 5.65. The quantitative estimate of drug-likeness (QED) is 0.832. The number of nitrogens with zero attached hydrogens (tertiary/aromatic N) is 3. The topological polar surface area (TPSA) is 47.3 Å². The molecule has 0 aromatic heterocycles. The van der Waals surface area contributed by atoms with Crippen LogP contribution >= 0.6 is 11.6 Å². The average Bonchev–Trinajstić information content (AvgIpc) is 2.37. The summed E-state index contributed by atoms with van der Waals surface area (Å²) in [5.41, 5.74) is 1.25. The van der Waals surface area contributed by atoms with E-state index in [1.165, 1.54) is 0 Å². The molecule has 102 valence electrons. The standard InChI is InChI=1S/C14H18ClN3O/c1-4-7-18(10-14(19)17(2)3)13-6-5-12(15)8-11(13)9-16/h5-6,8H,4,7,10H2,1-3H3. The lowest BCUT2D eigenvalue weighted by Crippen LogP contribution is -2.37. The summed E-state index contributed by atoms with van der Waals surface area (Å²) in [4.78, 5) is 15.3. The number of nitriles is 1. The lowest BCUT2D eigenvalue weighted by molar-refractivity contribution is -0.127. The molecule has 1 aromatic carbocycles. The Morgan fingerprint density at radius 2 is 2.11 bits per heavy atom. The predicted octanol–water partition coefficient (Wildman–Crippen LogP) is 2.52. The molecule has 1 amide bonds. The number of halogens is 1. The zero-order chi connectivity index (χ0) is 14.4. The number of carbonyl (C=O) groups is 1. The van der Waals surface area contributed by atoms with E-state index in [0.717, 1.165) is 18.7 Å². The van der Waals surface area contributed by atoms with Crippen LogP contribution in [0.1, 0.15) is 18.9 Å². The summed E-state index contributed by atoms with van der Waals surface area (Å²) < 4.78 is 0. The van der Waals surface area contributed by atoms with Crippen molar-refractivity contribution in [1.82, 2.24) is 4.90 Å². The van der Waals surface area contributed by atoms with Crippen LogP contribution in [0.3, 0.4) is 0 Å². The van der Waals surface area contributed by atoms with E-state index in [9.17, 15) is 10.1 Å². The minimum Gasteiger partial charge on any atom is -0.361 e. The van der Waals surface area contributed by atoms with E-state index in [-0.39, 0.29) is 12.5 Å². The molecule has 0 aliphatic rings. The highest BCUT2D eigenvalue weighted by molar-refractivity contribution is 6.30. The monoisotopic (exact) mass is 279 g/mol. The fraction of sp³-hybridized carbons (Fsp3) is 0.429. The number of likely N-dealkylation sites (N-methyl/N-ethyl adjacent to an activating group) is 1. The molecule has 1 rings (SSSR count). The summed E-state index contributed by atoms with van der Waals surface area (Å²) >= 11 is 5.89. The van der Waals surface area contributed by atoms with E-state index in [1.807, 2.05) is 11.8 Å². The van der Waals surface area contributed by atoms with Crippen molar-refractivity contribution in [2.75, 3.05) is 32.1 Å². The Morgan fingerprint density at radius 1 is 1.42 bits per heavy atom. The second-order valence-electron chi connectivity index (χ2n) is 4.48. The molecule has 0 spiro atoms. The van der Waals surface area contributed by atoms with E-state index >= 15 is 0 Å². The number of benzene rings is 1. The third kappa shape index (κ3) is 4.15. The first-order chi connectivity index (χ1) is 8.99. The van der Waals surface area contributed by atoms with Gasteiger partial charge in [-0.2, -0.15) is 5.26 Å². The highest BCUT2D eigenvalue weighted by atomic mass is 35.5. The van der Waals surface area contributed by atoms with Gasteiger partial charge in [0.05, 0.1) is 17.8 Å². The Bertz CT molecular complexity index is 494. The predicted molar refractivity (Wildman–Crippen MR) is 77.4 cm³/mol. The van der Waals surface area contributed by atoms with Crippen LogP contribution < -0.4 is 4.90 Å². The molecular weight excluding hydrogens is 262 g/mol. The van der Waals surface area contributed by atoms with Crippen LogP contribution in [0.25, 0.3) is 0 Å². The van der Waals surface area contributed by atoms with Gasteiger partial charge in [0.15, 0.2) is 0 Å². The third-order valence-corrected chi connectivity index (χ3v) is 2.97. The van der Waals surface area contributed by atoms with Gasteiger partial charge in [0, 0.05) is 25.7 Å². The number of hydrogen-bond donors (Lipinski definition) is 0. The van der Waals surface area contributed by atoms with Crippen LogP contribution in [0.15, 0.2) is 18.2 Å². The highest BCUT2D eigenvalue weighted by Gasteiger charge is 2.15. The number of amides is 1. The van der Waals surface area contributed by atoms with Crippen LogP contribution in [0.2, 0.25) is 5.02 Å². The van der Waals surface area contributed by atoms with Gasteiger partial charge in [-0.05, 0) is 24.6 Å². The molecule has 0 aliphatic carbocycles. The molecule has 0 N–H and O–H groups in total. The van der Waals surface area contributed by atoms with Gasteiger partial charge in [-0.15, -0.1) is 0 Å². The van der Waals surface area contributed by atoms with Crippen LogP contribution in [-0.2, 0) is 4.79 Å². The normalized spacial score (nSPS) is 9.84. The second-order valence-corrected chi connectivity index (χ2v) is 4.92. The molecule has 0 aliphatic heterocycles. The van der Waals surface area contributed by atoms with Crippen molar-refractivity contribution >= 4 is 23.2 Å². The van der Waals surface area contributed by atoms with Gasteiger partial charge in [-0.3, -0.25) is 4.79 Å². The van der Waals surface area contributed by atoms with Crippen molar-refractivity contribution in [2.45, 2.75) is 13.3 Å². The summed E-state index contributed by atoms with van der Waals surface area (Å²) in [6.07, 6.45) is 0.897. The van der Waals surface area contributed by atoms with Crippen molar-refractivity contribution in [3.63, 3.8) is 0 Å². The van der Waals surface area contributed by atoms with Crippen LogP contribution in [0.4, 0.5) is 5.69 Å². The van der Waals surface area contributed by atoms with E-state index in [0.29, 0.717) is 10.6 Å². The number of anilines is 1. The largest absolute Gasteiger partial charge is 0.361 e. The Hall–Kier alpha value is -1.73. The SMILES string of the molecule is CCCN(CC(=O)N(C)C)c1ccc(Cl)cc1C#N. The Morgan fingerprint density at radius 3 is 2.63 bits per heavy atom.